The van der Waals surface area contributed by atoms with Gasteiger partial charge in [0.25, 0.3) is 8.32 Å². The van der Waals surface area contributed by atoms with E-state index in [0.29, 0.717) is 17.8 Å². The van der Waals surface area contributed by atoms with Gasteiger partial charge in [0.05, 0.1) is 25.0 Å². The van der Waals surface area contributed by atoms with Crippen LogP contribution >= 0.6 is 12.0 Å². The average molecular weight is 726 g/mol. The maximum Gasteiger partial charge on any atom is 0.261 e. The Balaban J connectivity index is 1.41. The van der Waals surface area contributed by atoms with Gasteiger partial charge >= 0.3 is 0 Å². The van der Waals surface area contributed by atoms with E-state index in [0.717, 1.165) is 29.0 Å². The highest BCUT2D eigenvalue weighted by molar-refractivity contribution is 7.94. The number of fused-ring (bicyclic) bond motifs is 1. The van der Waals surface area contributed by atoms with Crippen LogP contribution in [0.15, 0.2) is 116 Å². The topological polar surface area (TPSA) is 116 Å². The summed E-state index contributed by atoms with van der Waals surface area (Å²) in [6.45, 7) is 13.9. The normalized spacial score (nSPS) is 20.8. The van der Waals surface area contributed by atoms with Crippen LogP contribution in [0.3, 0.4) is 0 Å². The number of benzene rings is 3. The van der Waals surface area contributed by atoms with Gasteiger partial charge < -0.3 is 28.6 Å². The molecule has 5 aromatic rings. The van der Waals surface area contributed by atoms with Crippen LogP contribution in [0.2, 0.25) is 5.04 Å². The molecule has 0 bridgehead atoms. The second-order valence-electron chi connectivity index (χ2n) is 13.6. The van der Waals surface area contributed by atoms with Gasteiger partial charge in [0.15, 0.2) is 17.7 Å². The first kappa shape index (κ1) is 36.7. The molecular weight excluding hydrogens is 679 g/mol. The van der Waals surface area contributed by atoms with Gasteiger partial charge in [-0.15, -0.1) is 6.58 Å². The van der Waals surface area contributed by atoms with Gasteiger partial charge in [-0.1, -0.05) is 119 Å². The summed E-state index contributed by atoms with van der Waals surface area (Å²) in [7, 11) is -2.98. The van der Waals surface area contributed by atoms with Crippen LogP contribution in [0.1, 0.15) is 46.8 Å². The van der Waals surface area contributed by atoms with E-state index < -0.39 is 32.4 Å². The smallest absolute Gasteiger partial charge is 0.261 e. The fourth-order valence-corrected chi connectivity index (χ4v) is 11.9. The quantitative estimate of drug-likeness (QED) is 0.0388. The third-order valence-electron chi connectivity index (χ3n) is 9.34. The Kier molecular flexibility index (Phi) is 11.6. The van der Waals surface area contributed by atoms with Crippen molar-refractivity contribution in [3.63, 3.8) is 0 Å². The van der Waals surface area contributed by atoms with Gasteiger partial charge in [-0.25, -0.2) is 15.0 Å². The van der Waals surface area contributed by atoms with Crippen LogP contribution in [0.4, 0.5) is 5.82 Å². The third kappa shape index (κ3) is 7.48. The minimum Gasteiger partial charge on any atom is -0.423 e. The third-order valence-corrected chi connectivity index (χ3v) is 14.9. The molecule has 0 amide bonds. The lowest BCUT2D eigenvalue weighted by Gasteiger charge is -2.45. The first-order valence-electron chi connectivity index (χ1n) is 17.3. The second kappa shape index (κ2) is 16.1. The molecule has 0 aliphatic carbocycles. The summed E-state index contributed by atoms with van der Waals surface area (Å²) in [5, 5.41) is 2.07. The Labute approximate surface area is 305 Å². The molecule has 3 heterocycles. The Bertz CT molecular complexity index is 1820. The molecule has 3 aromatic carbocycles. The number of imidazole rings is 1. The van der Waals surface area contributed by atoms with Crippen molar-refractivity contribution in [1.29, 1.82) is 0 Å². The standard InChI is InChI=1S/C39H47N5O5SSi/c1-6-8-24-45-34-33(46-28-50-49-29-18-12-9-13-19-29)37(44-27-43-32-35(40)41-26-42-36(32)44)48-39(34,7-2)25-47-51(38(3,4)5,30-20-14-10-15-21-30)31-22-16-11-17-23-31/h7,9-23,26-27,33-34,37H,2,6,8,24-25,28H2,1,3-5H3,(H2,40,41,42). The second-order valence-corrected chi connectivity index (χ2v) is 18.6. The molecule has 0 radical (unpaired) electrons. The largest absolute Gasteiger partial charge is 0.423 e. The van der Waals surface area contributed by atoms with Crippen molar-refractivity contribution in [2.24, 2.45) is 0 Å². The lowest BCUT2D eigenvalue weighted by molar-refractivity contribution is -0.107. The maximum absolute atomic E-state index is 7.49. The van der Waals surface area contributed by atoms with E-state index in [4.69, 9.17) is 28.6 Å². The van der Waals surface area contributed by atoms with Crippen molar-refractivity contribution in [1.82, 2.24) is 19.5 Å². The van der Waals surface area contributed by atoms with Crippen molar-refractivity contribution >= 4 is 47.7 Å². The van der Waals surface area contributed by atoms with Crippen molar-refractivity contribution in [2.75, 3.05) is 24.9 Å². The number of ether oxygens (including phenoxy) is 3. The summed E-state index contributed by atoms with van der Waals surface area (Å²) >= 11 is 1.20. The van der Waals surface area contributed by atoms with Crippen molar-refractivity contribution < 1.29 is 22.8 Å². The molecule has 0 saturated carbocycles. The van der Waals surface area contributed by atoms with Crippen LogP contribution in [0, 0.1) is 0 Å². The number of hydrogen-bond donors (Lipinski definition) is 1. The Morgan fingerprint density at radius 2 is 1.59 bits per heavy atom. The highest BCUT2D eigenvalue weighted by Crippen LogP contribution is 2.45. The Morgan fingerprint density at radius 1 is 0.941 bits per heavy atom. The number of hydrogen-bond acceptors (Lipinski definition) is 10. The molecule has 1 aliphatic rings. The van der Waals surface area contributed by atoms with Crippen LogP contribution in [-0.2, 0) is 18.6 Å². The molecule has 1 fully saturated rings. The zero-order chi connectivity index (χ0) is 35.9. The summed E-state index contributed by atoms with van der Waals surface area (Å²) in [6, 6.07) is 30.7. The van der Waals surface area contributed by atoms with Crippen LogP contribution < -0.4 is 20.3 Å². The molecule has 268 valence electrons. The number of para-hydroxylation sites is 1. The molecular formula is C39H47N5O5SSi. The Hall–Kier alpha value is -4.04. The molecule has 4 atom stereocenters. The van der Waals surface area contributed by atoms with E-state index in [9.17, 15) is 0 Å². The lowest BCUT2D eigenvalue weighted by atomic mass is 9.95. The molecule has 10 nitrogen and oxygen atoms in total. The highest BCUT2D eigenvalue weighted by Gasteiger charge is 2.59. The predicted molar refractivity (Wildman–Crippen MR) is 205 cm³/mol. The van der Waals surface area contributed by atoms with Crippen LogP contribution in [-0.4, -0.2) is 64.8 Å². The van der Waals surface area contributed by atoms with Crippen LogP contribution in [0.5, 0.6) is 5.75 Å². The zero-order valence-electron chi connectivity index (χ0n) is 29.7. The minimum atomic E-state index is -2.98. The molecule has 2 N–H and O–H groups in total. The van der Waals surface area contributed by atoms with Gasteiger partial charge in [0.1, 0.15) is 41.3 Å². The molecule has 6 rings (SSSR count). The van der Waals surface area contributed by atoms with Gasteiger partial charge in [0.2, 0.25) is 0 Å². The van der Waals surface area contributed by atoms with E-state index in [1.54, 1.807) is 6.33 Å². The van der Waals surface area contributed by atoms with E-state index in [1.807, 2.05) is 53.1 Å². The SMILES string of the molecule is C=CC1(CO[Si](c2ccccc2)(c2ccccc2)C(C)(C)C)OC(n2cnc3c(N)ncnc32)C(OCSOc2ccccc2)C1OCCCC. The molecule has 0 spiro atoms. The monoisotopic (exact) mass is 725 g/mol. The molecule has 2 aromatic heterocycles. The molecule has 4 unspecified atom stereocenters. The van der Waals surface area contributed by atoms with Gasteiger partial charge in [-0.05, 0) is 34.0 Å². The molecule has 51 heavy (non-hydrogen) atoms. The summed E-state index contributed by atoms with van der Waals surface area (Å²) < 4.78 is 35.9. The zero-order valence-corrected chi connectivity index (χ0v) is 31.5. The summed E-state index contributed by atoms with van der Waals surface area (Å²) in [5.74, 6) is 1.20. The van der Waals surface area contributed by atoms with E-state index in [2.05, 4.69) is 97.8 Å². The summed E-state index contributed by atoms with van der Waals surface area (Å²) in [5.41, 5.74) is 6.09. The molecule has 1 saturated heterocycles. The van der Waals surface area contributed by atoms with Gasteiger partial charge in [-0.2, -0.15) is 0 Å². The number of unbranched alkanes of at least 4 members (excludes halogenated alkanes) is 1. The van der Waals surface area contributed by atoms with Gasteiger partial charge in [0, 0.05) is 6.61 Å². The summed E-state index contributed by atoms with van der Waals surface area (Å²) in [4.78, 5) is 13.2. The first-order valence-corrected chi connectivity index (χ1v) is 20.1. The Morgan fingerprint density at radius 3 is 2.20 bits per heavy atom. The number of aromatic nitrogens is 4. The molecule has 12 heteroatoms. The number of nitrogens with zero attached hydrogens (tertiary/aromatic N) is 4. The fraction of sp³-hybridized carbons (Fsp3) is 0.359. The highest BCUT2D eigenvalue weighted by atomic mass is 32.2. The number of rotatable bonds is 16. The predicted octanol–water partition coefficient (Wildman–Crippen LogP) is 6.69. The van der Waals surface area contributed by atoms with E-state index in [1.165, 1.54) is 18.4 Å². The maximum atomic E-state index is 7.49. The van der Waals surface area contributed by atoms with Crippen molar-refractivity contribution in [3.8, 4) is 5.75 Å². The molecule has 1 aliphatic heterocycles. The fourth-order valence-electron chi connectivity index (χ4n) is 6.81. The van der Waals surface area contributed by atoms with Crippen LogP contribution in [0.25, 0.3) is 11.2 Å². The number of nitrogen functional groups attached to an aromatic ring is 1. The van der Waals surface area contributed by atoms with Crippen molar-refractivity contribution in [3.05, 3.63) is 116 Å². The first-order chi connectivity index (χ1) is 24.7. The van der Waals surface area contributed by atoms with Gasteiger partial charge in [-0.3, -0.25) is 4.57 Å². The van der Waals surface area contributed by atoms with E-state index >= 15 is 0 Å². The summed E-state index contributed by atoms with van der Waals surface area (Å²) in [6.07, 6.45) is 4.75. The van der Waals surface area contributed by atoms with E-state index in [-0.39, 0.29) is 23.4 Å². The average Bonchev–Trinajstić information content (AvgIpc) is 3.71. The number of anilines is 1. The van der Waals surface area contributed by atoms with Crippen molar-refractivity contribution in [2.45, 2.75) is 69.6 Å². The number of nitrogens with two attached hydrogens (primary N) is 1. The minimum absolute atomic E-state index is 0.161. The lowest BCUT2D eigenvalue weighted by Crippen LogP contribution is -2.68.